The maximum atomic E-state index is 12.2. The van der Waals surface area contributed by atoms with Crippen molar-refractivity contribution < 1.29 is 18.7 Å². The van der Waals surface area contributed by atoms with Crippen molar-refractivity contribution in [2.75, 3.05) is 25.7 Å². The lowest BCUT2D eigenvalue weighted by atomic mass is 10.0. The van der Waals surface area contributed by atoms with Gasteiger partial charge in [0.25, 0.3) is 0 Å². The highest BCUT2D eigenvalue weighted by Crippen LogP contribution is 2.25. The molecule has 0 aliphatic carbocycles. The minimum absolute atomic E-state index is 0.0107. The number of alkyl halides is 1. The minimum atomic E-state index is -0.557. The van der Waals surface area contributed by atoms with Crippen LogP contribution in [0.2, 0.25) is 0 Å². The van der Waals surface area contributed by atoms with Crippen molar-refractivity contribution in [3.05, 3.63) is 24.3 Å². The van der Waals surface area contributed by atoms with Crippen LogP contribution in [0.3, 0.4) is 0 Å². The number of hydrogen-bond donors (Lipinski definition) is 1. The molecular formula is C14H20FNO3. The van der Waals surface area contributed by atoms with Crippen LogP contribution in [0, 0.1) is 5.92 Å². The first-order chi connectivity index (χ1) is 9.10. The number of ether oxygens (including phenoxy) is 2. The molecule has 106 valence electrons. The van der Waals surface area contributed by atoms with Gasteiger partial charge in [0.15, 0.2) is 0 Å². The van der Waals surface area contributed by atoms with Crippen molar-refractivity contribution in [1.29, 1.82) is 0 Å². The van der Waals surface area contributed by atoms with Crippen molar-refractivity contribution in [2.24, 2.45) is 5.92 Å². The van der Waals surface area contributed by atoms with Crippen molar-refractivity contribution in [3.63, 3.8) is 0 Å². The molecule has 5 heteroatoms. The summed E-state index contributed by atoms with van der Waals surface area (Å²) in [6.07, 6.45) is 0. The zero-order chi connectivity index (χ0) is 14.3. The average molecular weight is 269 g/mol. The fraction of sp³-hybridized carbons (Fsp3) is 0.500. The first kappa shape index (κ1) is 15.3. The SMILES string of the molecule is COC(=O)C(Nc1ccccc1OCCF)C(C)C. The Morgan fingerprint density at radius 1 is 1.37 bits per heavy atom. The molecule has 0 radical (unpaired) electrons. The van der Waals surface area contributed by atoms with E-state index in [9.17, 15) is 9.18 Å². The van der Waals surface area contributed by atoms with Crippen molar-refractivity contribution >= 4 is 11.7 Å². The largest absolute Gasteiger partial charge is 0.489 e. The highest BCUT2D eigenvalue weighted by atomic mass is 19.1. The average Bonchev–Trinajstić information content (AvgIpc) is 2.42. The van der Waals surface area contributed by atoms with Crippen molar-refractivity contribution in [3.8, 4) is 5.75 Å². The summed E-state index contributed by atoms with van der Waals surface area (Å²) in [5.41, 5.74) is 0.653. The van der Waals surface area contributed by atoms with E-state index in [2.05, 4.69) is 5.32 Å². The summed E-state index contributed by atoms with van der Waals surface area (Å²) in [6.45, 7) is 3.27. The highest BCUT2D eigenvalue weighted by molar-refractivity contribution is 5.80. The number of benzene rings is 1. The number of rotatable bonds is 7. The lowest BCUT2D eigenvalue weighted by Crippen LogP contribution is -2.35. The quantitative estimate of drug-likeness (QED) is 0.773. The Hall–Kier alpha value is -1.78. The Labute approximate surface area is 112 Å². The smallest absolute Gasteiger partial charge is 0.328 e. The second-order valence-corrected chi connectivity index (χ2v) is 4.42. The van der Waals surface area contributed by atoms with E-state index in [-0.39, 0.29) is 18.5 Å². The van der Waals surface area contributed by atoms with Gasteiger partial charge in [0.1, 0.15) is 25.1 Å². The summed E-state index contributed by atoms with van der Waals surface area (Å²) < 4.78 is 22.2. The molecule has 1 atom stereocenters. The molecule has 1 N–H and O–H groups in total. The van der Waals surface area contributed by atoms with Crippen LogP contribution in [0.5, 0.6) is 5.75 Å². The molecule has 0 fully saturated rings. The van der Waals surface area contributed by atoms with Gasteiger partial charge in [0, 0.05) is 0 Å². The summed E-state index contributed by atoms with van der Waals surface area (Å²) in [5, 5.41) is 3.08. The zero-order valence-electron chi connectivity index (χ0n) is 11.5. The number of hydrogen-bond acceptors (Lipinski definition) is 4. The van der Waals surface area contributed by atoms with Crippen molar-refractivity contribution in [2.45, 2.75) is 19.9 Å². The van der Waals surface area contributed by atoms with E-state index < -0.39 is 12.7 Å². The van der Waals surface area contributed by atoms with Crippen LogP contribution in [0.4, 0.5) is 10.1 Å². The summed E-state index contributed by atoms with van der Waals surface area (Å²) in [4.78, 5) is 11.7. The number of methoxy groups -OCH3 is 1. The molecule has 1 rings (SSSR count). The third-order valence-electron chi connectivity index (χ3n) is 2.65. The second-order valence-electron chi connectivity index (χ2n) is 4.42. The van der Waals surface area contributed by atoms with Crippen LogP contribution in [0.25, 0.3) is 0 Å². The normalized spacial score (nSPS) is 12.1. The second kappa shape index (κ2) is 7.61. The Morgan fingerprint density at radius 2 is 2.05 bits per heavy atom. The van der Waals surface area contributed by atoms with Crippen LogP contribution >= 0.6 is 0 Å². The first-order valence-corrected chi connectivity index (χ1v) is 6.22. The van der Waals surface area contributed by atoms with Crippen LogP contribution in [0.1, 0.15) is 13.8 Å². The summed E-state index contributed by atoms with van der Waals surface area (Å²) in [6, 6.07) is 6.65. The molecule has 0 amide bonds. The standard InChI is InChI=1S/C14H20FNO3/c1-10(2)13(14(17)18-3)16-11-6-4-5-7-12(11)19-9-8-15/h4-7,10,13,16H,8-9H2,1-3H3. The molecule has 1 aromatic rings. The maximum absolute atomic E-state index is 12.2. The summed E-state index contributed by atoms with van der Waals surface area (Å²) >= 11 is 0. The third-order valence-corrected chi connectivity index (χ3v) is 2.65. The molecule has 0 spiro atoms. The van der Waals surface area contributed by atoms with Crippen LogP contribution in [-0.4, -0.2) is 32.4 Å². The van der Waals surface area contributed by atoms with Crippen LogP contribution in [0.15, 0.2) is 24.3 Å². The molecule has 0 saturated heterocycles. The number of carbonyl (C=O) groups is 1. The topological polar surface area (TPSA) is 47.6 Å². The van der Waals surface area contributed by atoms with E-state index in [4.69, 9.17) is 9.47 Å². The molecule has 1 aromatic carbocycles. The van der Waals surface area contributed by atoms with Gasteiger partial charge in [0.05, 0.1) is 12.8 Å². The molecule has 0 aromatic heterocycles. The molecule has 0 saturated carbocycles. The van der Waals surface area contributed by atoms with E-state index in [1.165, 1.54) is 7.11 Å². The van der Waals surface area contributed by atoms with E-state index in [1.807, 2.05) is 19.9 Å². The van der Waals surface area contributed by atoms with Gasteiger partial charge in [-0.1, -0.05) is 26.0 Å². The van der Waals surface area contributed by atoms with E-state index in [0.717, 1.165) is 0 Å². The van der Waals surface area contributed by atoms with Gasteiger partial charge in [-0.3, -0.25) is 0 Å². The number of carbonyl (C=O) groups excluding carboxylic acids is 1. The summed E-state index contributed by atoms with van der Waals surface area (Å²) in [5.74, 6) is 0.242. The Kier molecular flexibility index (Phi) is 6.12. The molecule has 0 heterocycles. The Bertz CT molecular complexity index is 409. The third kappa shape index (κ3) is 4.43. The van der Waals surface area contributed by atoms with Gasteiger partial charge in [-0.05, 0) is 18.1 Å². The molecule has 0 aliphatic heterocycles. The van der Waals surface area contributed by atoms with Gasteiger partial charge in [-0.15, -0.1) is 0 Å². The van der Waals surface area contributed by atoms with Gasteiger partial charge < -0.3 is 14.8 Å². The molecule has 0 bridgehead atoms. The van der Waals surface area contributed by atoms with Crippen LogP contribution in [-0.2, 0) is 9.53 Å². The molecule has 19 heavy (non-hydrogen) atoms. The maximum Gasteiger partial charge on any atom is 0.328 e. The molecule has 4 nitrogen and oxygen atoms in total. The number of esters is 1. The number of nitrogens with one attached hydrogen (secondary N) is 1. The van der Waals surface area contributed by atoms with E-state index >= 15 is 0 Å². The van der Waals surface area contributed by atoms with Gasteiger partial charge in [0.2, 0.25) is 0 Å². The van der Waals surface area contributed by atoms with E-state index in [1.54, 1.807) is 18.2 Å². The van der Waals surface area contributed by atoms with E-state index in [0.29, 0.717) is 11.4 Å². The fourth-order valence-corrected chi connectivity index (χ4v) is 1.65. The Balaban J connectivity index is 2.86. The number of para-hydroxylation sites is 2. The lowest BCUT2D eigenvalue weighted by Gasteiger charge is -2.22. The predicted octanol–water partition coefficient (Wildman–Crippen LogP) is 2.64. The molecule has 1 unspecified atom stereocenters. The molecule has 0 aliphatic rings. The Morgan fingerprint density at radius 3 is 2.63 bits per heavy atom. The minimum Gasteiger partial charge on any atom is -0.489 e. The lowest BCUT2D eigenvalue weighted by molar-refractivity contribution is -0.142. The predicted molar refractivity (Wildman–Crippen MR) is 72.2 cm³/mol. The fourth-order valence-electron chi connectivity index (χ4n) is 1.65. The van der Waals surface area contributed by atoms with Crippen molar-refractivity contribution in [1.82, 2.24) is 0 Å². The highest BCUT2D eigenvalue weighted by Gasteiger charge is 2.23. The first-order valence-electron chi connectivity index (χ1n) is 6.22. The molecular weight excluding hydrogens is 249 g/mol. The summed E-state index contributed by atoms with van der Waals surface area (Å²) in [7, 11) is 1.35. The number of anilines is 1. The van der Waals surface area contributed by atoms with Gasteiger partial charge >= 0.3 is 5.97 Å². The van der Waals surface area contributed by atoms with Crippen LogP contribution < -0.4 is 10.1 Å². The zero-order valence-corrected chi connectivity index (χ0v) is 11.5. The number of halogens is 1. The van der Waals surface area contributed by atoms with Gasteiger partial charge in [-0.2, -0.15) is 0 Å². The van der Waals surface area contributed by atoms with Gasteiger partial charge in [-0.25, -0.2) is 9.18 Å². The monoisotopic (exact) mass is 269 g/mol.